The van der Waals surface area contributed by atoms with Crippen molar-refractivity contribution in [2.75, 3.05) is 0 Å². The van der Waals surface area contributed by atoms with Gasteiger partial charge in [0.2, 0.25) is 0 Å². The highest BCUT2D eigenvalue weighted by atomic mass is 16.6. The van der Waals surface area contributed by atoms with Crippen LogP contribution in [0.5, 0.6) is 0 Å². The van der Waals surface area contributed by atoms with E-state index < -0.39 is 4.92 Å². The minimum absolute atomic E-state index is 0.0179. The quantitative estimate of drug-likeness (QED) is 0.530. The smallest absolute Gasteiger partial charge is 0.274 e. The van der Waals surface area contributed by atoms with Crippen molar-refractivity contribution < 1.29 is 4.92 Å². The van der Waals surface area contributed by atoms with E-state index in [2.05, 4.69) is 10.1 Å². The largest absolute Gasteiger partial charge is 0.294 e. The Bertz CT molecular complexity index is 896. The molecule has 2 heterocycles. The molecule has 0 aliphatic carbocycles. The van der Waals surface area contributed by atoms with Crippen LogP contribution in [0.1, 0.15) is 5.56 Å². The lowest BCUT2D eigenvalue weighted by Crippen LogP contribution is -2.21. The number of fused-ring (bicyclic) bond motifs is 1. The van der Waals surface area contributed by atoms with Crippen LogP contribution < -0.4 is 5.56 Å². The Labute approximate surface area is 118 Å². The van der Waals surface area contributed by atoms with Gasteiger partial charge in [-0.15, -0.1) is 0 Å². The Morgan fingerprint density at radius 2 is 2.10 bits per heavy atom. The lowest BCUT2D eigenvalue weighted by Gasteiger charge is -2.06. The number of nitro groups is 1. The third-order valence-corrected chi connectivity index (χ3v) is 3.25. The third-order valence-electron chi connectivity index (χ3n) is 3.25. The van der Waals surface area contributed by atoms with Gasteiger partial charge in [-0.1, -0.05) is 18.2 Å². The number of aryl methyl sites for hydroxylation is 1. The van der Waals surface area contributed by atoms with E-state index in [9.17, 15) is 14.9 Å². The first-order chi connectivity index (χ1) is 10.1. The summed E-state index contributed by atoms with van der Waals surface area (Å²) in [6.45, 7) is 0.0911. The summed E-state index contributed by atoms with van der Waals surface area (Å²) >= 11 is 0. The molecule has 0 aliphatic rings. The van der Waals surface area contributed by atoms with E-state index >= 15 is 0 Å². The summed E-state index contributed by atoms with van der Waals surface area (Å²) < 4.78 is 2.85. The molecule has 0 spiro atoms. The molecular weight excluding hydrogens is 274 g/mol. The molecule has 0 radical (unpaired) electrons. The number of rotatable bonds is 3. The summed E-state index contributed by atoms with van der Waals surface area (Å²) in [6, 6.07) is 6.32. The monoisotopic (exact) mass is 285 g/mol. The molecule has 8 heteroatoms. The minimum atomic E-state index is -0.462. The van der Waals surface area contributed by atoms with E-state index in [1.165, 1.54) is 27.8 Å². The van der Waals surface area contributed by atoms with Crippen LogP contribution in [0.4, 0.5) is 5.69 Å². The fraction of sp³-hybridized carbons (Fsp3) is 0.154. The molecule has 21 heavy (non-hydrogen) atoms. The average molecular weight is 285 g/mol. The third kappa shape index (κ3) is 2.16. The van der Waals surface area contributed by atoms with Crippen LogP contribution in [0.15, 0.2) is 41.6 Å². The van der Waals surface area contributed by atoms with Crippen LogP contribution in [-0.4, -0.2) is 24.3 Å². The molecule has 106 valence electrons. The summed E-state index contributed by atoms with van der Waals surface area (Å²) in [6.07, 6.45) is 2.82. The van der Waals surface area contributed by atoms with Crippen molar-refractivity contribution in [1.82, 2.24) is 19.3 Å². The minimum Gasteiger partial charge on any atom is -0.294 e. The predicted molar refractivity (Wildman–Crippen MR) is 75.0 cm³/mol. The lowest BCUT2D eigenvalue weighted by molar-refractivity contribution is -0.385. The molecule has 3 rings (SSSR count). The second-order valence-electron chi connectivity index (χ2n) is 4.57. The average Bonchev–Trinajstić information content (AvgIpc) is 2.84. The van der Waals surface area contributed by atoms with Gasteiger partial charge in [0.15, 0.2) is 5.65 Å². The van der Waals surface area contributed by atoms with Gasteiger partial charge in [0.05, 0.1) is 17.7 Å². The lowest BCUT2D eigenvalue weighted by atomic mass is 10.2. The summed E-state index contributed by atoms with van der Waals surface area (Å²) in [4.78, 5) is 27.0. The van der Waals surface area contributed by atoms with Crippen LogP contribution in [0.25, 0.3) is 11.0 Å². The highest BCUT2D eigenvalue weighted by molar-refractivity contribution is 5.72. The summed E-state index contributed by atoms with van der Waals surface area (Å²) in [5.41, 5.74) is 0.649. The van der Waals surface area contributed by atoms with Crippen LogP contribution in [0.3, 0.4) is 0 Å². The number of para-hydroxylation sites is 1. The molecule has 0 amide bonds. The Morgan fingerprint density at radius 3 is 2.86 bits per heavy atom. The van der Waals surface area contributed by atoms with E-state index in [-0.39, 0.29) is 17.8 Å². The molecule has 0 bridgehead atoms. The zero-order chi connectivity index (χ0) is 15.0. The van der Waals surface area contributed by atoms with Crippen molar-refractivity contribution >= 4 is 16.7 Å². The molecule has 0 atom stereocenters. The second-order valence-corrected chi connectivity index (χ2v) is 4.57. The maximum absolute atomic E-state index is 12.3. The molecule has 2 aromatic heterocycles. The number of nitro benzene ring substituents is 1. The standard InChI is InChI=1S/C13H11N5O3/c1-16-12-10(6-15-16)13(19)17(8-14-12)7-9-4-2-3-5-11(9)18(20)21/h2-6,8H,7H2,1H3. The molecule has 0 saturated heterocycles. The number of benzene rings is 1. The zero-order valence-corrected chi connectivity index (χ0v) is 11.1. The Hall–Kier alpha value is -3.03. The predicted octanol–water partition coefficient (Wildman–Crippen LogP) is 1.09. The first kappa shape index (κ1) is 13.0. The second kappa shape index (κ2) is 4.82. The maximum atomic E-state index is 12.3. The van der Waals surface area contributed by atoms with Crippen LogP contribution >= 0.6 is 0 Å². The molecular formula is C13H11N5O3. The van der Waals surface area contributed by atoms with Crippen molar-refractivity contribution in [3.8, 4) is 0 Å². The van der Waals surface area contributed by atoms with Gasteiger partial charge in [0.25, 0.3) is 11.2 Å². The number of hydrogen-bond acceptors (Lipinski definition) is 5. The van der Waals surface area contributed by atoms with E-state index in [1.807, 2.05) is 0 Å². The van der Waals surface area contributed by atoms with Crippen molar-refractivity contribution in [1.29, 1.82) is 0 Å². The Morgan fingerprint density at radius 1 is 1.33 bits per heavy atom. The zero-order valence-electron chi connectivity index (χ0n) is 11.1. The highest BCUT2D eigenvalue weighted by Crippen LogP contribution is 2.18. The van der Waals surface area contributed by atoms with E-state index in [4.69, 9.17) is 0 Å². The number of hydrogen-bond donors (Lipinski definition) is 0. The van der Waals surface area contributed by atoms with Crippen molar-refractivity contribution in [3.63, 3.8) is 0 Å². The van der Waals surface area contributed by atoms with Gasteiger partial charge in [-0.05, 0) is 0 Å². The number of aromatic nitrogens is 4. The van der Waals surface area contributed by atoms with Crippen molar-refractivity contribution in [2.24, 2.45) is 7.05 Å². The van der Waals surface area contributed by atoms with Gasteiger partial charge in [0.1, 0.15) is 11.7 Å². The van der Waals surface area contributed by atoms with Gasteiger partial charge < -0.3 is 0 Å². The SMILES string of the molecule is Cn1ncc2c(=O)n(Cc3ccccc3[N+](=O)[O-])cnc21. The summed E-state index contributed by atoms with van der Waals surface area (Å²) in [5.74, 6) is 0. The molecule has 3 aromatic rings. The molecule has 0 N–H and O–H groups in total. The van der Waals surface area contributed by atoms with E-state index in [0.717, 1.165) is 0 Å². The van der Waals surface area contributed by atoms with Gasteiger partial charge in [0, 0.05) is 18.7 Å². The fourth-order valence-corrected chi connectivity index (χ4v) is 2.19. The van der Waals surface area contributed by atoms with Crippen LogP contribution in [0.2, 0.25) is 0 Å². The molecule has 8 nitrogen and oxygen atoms in total. The Kier molecular flexibility index (Phi) is 2.98. The number of nitrogens with zero attached hydrogens (tertiary/aromatic N) is 5. The van der Waals surface area contributed by atoms with E-state index in [0.29, 0.717) is 16.6 Å². The normalized spacial score (nSPS) is 10.9. The van der Waals surface area contributed by atoms with Gasteiger partial charge in [-0.25, -0.2) is 4.98 Å². The fourth-order valence-electron chi connectivity index (χ4n) is 2.19. The summed E-state index contributed by atoms with van der Waals surface area (Å²) in [7, 11) is 1.70. The Balaban J connectivity index is 2.09. The first-order valence-electron chi connectivity index (χ1n) is 6.17. The van der Waals surface area contributed by atoms with Gasteiger partial charge >= 0.3 is 0 Å². The highest BCUT2D eigenvalue weighted by Gasteiger charge is 2.14. The molecule has 0 aliphatic heterocycles. The van der Waals surface area contributed by atoms with Crippen LogP contribution in [0, 0.1) is 10.1 Å². The van der Waals surface area contributed by atoms with Crippen molar-refractivity contribution in [2.45, 2.75) is 6.54 Å². The first-order valence-corrected chi connectivity index (χ1v) is 6.17. The van der Waals surface area contributed by atoms with Crippen LogP contribution in [-0.2, 0) is 13.6 Å². The molecule has 0 saturated carbocycles. The topological polar surface area (TPSA) is 95.8 Å². The van der Waals surface area contributed by atoms with Gasteiger partial charge in [-0.2, -0.15) is 5.10 Å². The molecule has 1 aromatic carbocycles. The maximum Gasteiger partial charge on any atom is 0.274 e. The van der Waals surface area contributed by atoms with E-state index in [1.54, 1.807) is 25.2 Å². The van der Waals surface area contributed by atoms with Crippen molar-refractivity contribution in [3.05, 3.63) is 62.8 Å². The summed E-state index contributed by atoms with van der Waals surface area (Å²) in [5, 5.41) is 15.4. The van der Waals surface area contributed by atoms with Gasteiger partial charge in [-0.3, -0.25) is 24.2 Å². The molecule has 0 unspecified atom stereocenters. The molecule has 0 fully saturated rings.